The summed E-state index contributed by atoms with van der Waals surface area (Å²) in [6, 6.07) is 9.19. The smallest absolute Gasteiger partial charge is 0.324 e. The Bertz CT molecular complexity index is 2200. The van der Waals surface area contributed by atoms with Crippen molar-refractivity contribution >= 4 is 64.5 Å². The summed E-state index contributed by atoms with van der Waals surface area (Å²) in [5.41, 5.74) is 3.67. The van der Waals surface area contributed by atoms with Crippen molar-refractivity contribution in [2.24, 2.45) is 5.41 Å². The number of carboxylic acid groups (broad SMARTS) is 3. The SMILES string of the molecule is CC(NC(CC(=O)O)C(=O)O)OCCOCCOCCOCCOCCOCCOCCOCCOCCOCCOCCOCCC(=O)NCCC1(C(=O)NN2[C@H](C(=O)O)[C@@H]2Cc2ccc(NC(=O)c3c(Cl)cccc3Cl)cc2)CCCC1. The lowest BCUT2D eigenvalue weighted by Crippen LogP contribution is -2.45. The maximum absolute atomic E-state index is 13.7. The lowest BCUT2D eigenvalue weighted by atomic mass is 9.82. The molecule has 474 valence electrons. The summed E-state index contributed by atoms with van der Waals surface area (Å²) in [6.45, 7) is 10.6. The number of benzene rings is 2. The zero-order chi connectivity index (χ0) is 60.6. The van der Waals surface area contributed by atoms with E-state index in [1.165, 1.54) is 5.01 Å². The Morgan fingerprint density at radius 2 is 1.04 bits per heavy atom. The van der Waals surface area contributed by atoms with E-state index in [1.807, 2.05) is 0 Å². The third-order valence-corrected chi connectivity index (χ3v) is 13.8. The van der Waals surface area contributed by atoms with E-state index in [9.17, 15) is 33.9 Å². The molecule has 3 amide bonds. The predicted octanol–water partition coefficient (Wildman–Crippen LogP) is 3.48. The average Bonchev–Trinajstić information content (AvgIpc) is 2.72. The van der Waals surface area contributed by atoms with Gasteiger partial charge in [0.25, 0.3) is 5.91 Å². The molecular weight excluding hydrogens is 1150 g/mol. The second kappa shape index (κ2) is 43.0. The first-order valence-corrected chi connectivity index (χ1v) is 29.1. The number of carbonyl (C=O) groups is 6. The molecule has 2 aromatic rings. The number of anilines is 1. The first-order valence-electron chi connectivity index (χ1n) is 28.3. The number of hydrogen-bond acceptors (Lipinski definition) is 20. The zero-order valence-electron chi connectivity index (χ0n) is 47.9. The van der Waals surface area contributed by atoms with Crippen LogP contribution in [0.3, 0.4) is 0 Å². The van der Waals surface area contributed by atoms with Gasteiger partial charge in [0.1, 0.15) is 18.3 Å². The summed E-state index contributed by atoms with van der Waals surface area (Å²) in [5, 5.41) is 38.0. The molecule has 2 aliphatic rings. The van der Waals surface area contributed by atoms with Crippen molar-refractivity contribution < 1.29 is 101 Å². The zero-order valence-corrected chi connectivity index (χ0v) is 49.4. The van der Waals surface area contributed by atoms with Gasteiger partial charge in [-0.2, -0.15) is 5.01 Å². The minimum atomic E-state index is -1.26. The van der Waals surface area contributed by atoms with E-state index >= 15 is 0 Å². The van der Waals surface area contributed by atoms with Gasteiger partial charge in [0.2, 0.25) is 11.8 Å². The van der Waals surface area contributed by atoms with E-state index in [2.05, 4.69) is 21.4 Å². The fourth-order valence-electron chi connectivity index (χ4n) is 8.68. The molecular formula is C56H85Cl2N5O21. The second-order valence-electron chi connectivity index (χ2n) is 19.4. The molecule has 0 spiro atoms. The van der Waals surface area contributed by atoms with Gasteiger partial charge < -0.3 is 82.8 Å². The van der Waals surface area contributed by atoms with Crippen molar-refractivity contribution in [3.8, 4) is 0 Å². The summed E-state index contributed by atoms with van der Waals surface area (Å²) in [4.78, 5) is 73.2. The van der Waals surface area contributed by atoms with Crippen LogP contribution in [0.5, 0.6) is 0 Å². The summed E-state index contributed by atoms with van der Waals surface area (Å²) >= 11 is 12.4. The molecule has 3 unspecified atom stereocenters. The fraction of sp³-hybridized carbons (Fsp3) is 0.679. The van der Waals surface area contributed by atoms with E-state index in [-0.39, 0.29) is 53.7 Å². The average molecular weight is 1240 g/mol. The molecule has 0 bridgehead atoms. The Balaban J connectivity index is 0.852. The Kier molecular flexibility index (Phi) is 36.7. The molecule has 1 heterocycles. The molecule has 1 aliphatic carbocycles. The number of ether oxygens (including phenoxy) is 12. The van der Waals surface area contributed by atoms with Gasteiger partial charge in [0.05, 0.1) is 185 Å². The van der Waals surface area contributed by atoms with Crippen molar-refractivity contribution in [2.75, 3.05) is 164 Å². The lowest BCUT2D eigenvalue weighted by molar-refractivity contribution is -0.147. The number of aliphatic carboxylic acids is 3. The van der Waals surface area contributed by atoms with Crippen molar-refractivity contribution in [3.63, 3.8) is 0 Å². The molecule has 0 radical (unpaired) electrons. The van der Waals surface area contributed by atoms with Crippen LogP contribution in [0.1, 0.15) is 67.8 Å². The van der Waals surface area contributed by atoms with Crippen molar-refractivity contribution in [1.29, 1.82) is 0 Å². The number of nitrogens with zero attached hydrogens (tertiary/aromatic N) is 1. The van der Waals surface area contributed by atoms with E-state index in [4.69, 9.17) is 90.3 Å². The van der Waals surface area contributed by atoms with Crippen LogP contribution in [0.15, 0.2) is 42.5 Å². The van der Waals surface area contributed by atoms with Crippen molar-refractivity contribution in [1.82, 2.24) is 21.1 Å². The van der Waals surface area contributed by atoms with Gasteiger partial charge in [-0.15, -0.1) is 0 Å². The van der Waals surface area contributed by atoms with Gasteiger partial charge in [-0.3, -0.25) is 39.5 Å². The number of nitrogens with one attached hydrogen (secondary N) is 4. The standard InChI is InChI=1S/C56H85Cl2N5O21/c1-41(60-46(53(68)69)40-49(65)66)84-38-37-83-36-35-82-34-33-81-32-31-80-30-29-79-28-27-78-26-25-77-24-23-76-22-21-75-20-19-74-18-17-73-16-11-48(64)59-15-14-56(12-2-3-13-56)55(72)62-63-47(51(63)54(70)71)39-42-7-9-43(10-8-42)61-52(67)50-44(57)5-4-6-45(50)58/h4-10,41,46-47,51,60H,2-3,11-40H2,1H3,(H,59,64)(H,61,67)(H,62,72)(H,65,66)(H,68,69)(H,70,71)/t41?,46?,47-,51-,63?/m0/s1. The van der Waals surface area contributed by atoms with Crippen LogP contribution >= 0.6 is 23.2 Å². The molecule has 2 aromatic carbocycles. The summed E-state index contributed by atoms with van der Waals surface area (Å²) in [5.74, 6) is -4.42. The number of halogens is 2. The van der Waals surface area contributed by atoms with Gasteiger partial charge in [-0.1, -0.05) is 54.2 Å². The van der Waals surface area contributed by atoms with Crippen molar-refractivity contribution in [3.05, 3.63) is 63.6 Å². The molecule has 4 rings (SSSR count). The van der Waals surface area contributed by atoms with Crippen LogP contribution in [0, 0.1) is 5.41 Å². The Hall–Kier alpha value is -4.72. The number of amides is 3. The maximum atomic E-state index is 13.7. The third kappa shape index (κ3) is 30.1. The largest absolute Gasteiger partial charge is 0.481 e. The van der Waals surface area contributed by atoms with Crippen LogP contribution < -0.4 is 21.4 Å². The van der Waals surface area contributed by atoms with Crippen LogP contribution in [0.4, 0.5) is 5.69 Å². The normalized spacial score (nSPS) is 16.9. The summed E-state index contributed by atoms with van der Waals surface area (Å²) in [6.07, 6.45) is 2.71. The Morgan fingerprint density at radius 3 is 1.45 bits per heavy atom. The molecule has 28 heteroatoms. The minimum Gasteiger partial charge on any atom is -0.481 e. The molecule has 7 N–H and O–H groups in total. The molecule has 5 atom stereocenters. The Morgan fingerprint density at radius 1 is 0.607 bits per heavy atom. The number of rotatable bonds is 52. The Labute approximate surface area is 500 Å². The van der Waals surface area contributed by atoms with Crippen molar-refractivity contribution in [2.45, 2.75) is 82.6 Å². The number of carboxylic acids is 3. The highest BCUT2D eigenvalue weighted by Crippen LogP contribution is 2.42. The monoisotopic (exact) mass is 1230 g/mol. The van der Waals surface area contributed by atoms with Gasteiger partial charge >= 0.3 is 17.9 Å². The van der Waals surface area contributed by atoms with E-state index < -0.39 is 60.0 Å². The predicted molar refractivity (Wildman–Crippen MR) is 304 cm³/mol. The quantitative estimate of drug-likeness (QED) is 0.0283. The molecule has 1 saturated carbocycles. The van der Waals surface area contributed by atoms with Crippen LogP contribution in [-0.4, -0.2) is 239 Å². The highest BCUT2D eigenvalue weighted by Gasteiger charge is 2.55. The first kappa shape index (κ1) is 71.8. The number of hydrazine groups is 1. The third-order valence-electron chi connectivity index (χ3n) is 13.1. The summed E-state index contributed by atoms with van der Waals surface area (Å²) < 4.78 is 65.8. The lowest BCUT2D eigenvalue weighted by Gasteiger charge is -2.28. The van der Waals surface area contributed by atoms with Gasteiger partial charge in [0, 0.05) is 18.7 Å². The maximum Gasteiger partial charge on any atom is 0.324 e. The number of hydrogen-bond donors (Lipinski definition) is 7. The van der Waals surface area contributed by atoms with Gasteiger partial charge in [-0.25, -0.2) is 0 Å². The molecule has 26 nitrogen and oxygen atoms in total. The molecule has 1 saturated heterocycles. The topological polar surface area (TPSA) is 325 Å². The molecule has 2 fully saturated rings. The number of carbonyl (C=O) groups excluding carboxylic acids is 3. The first-order chi connectivity index (χ1) is 40.7. The fourth-order valence-corrected chi connectivity index (χ4v) is 9.25. The molecule has 1 aliphatic heterocycles. The molecule has 84 heavy (non-hydrogen) atoms. The second-order valence-corrected chi connectivity index (χ2v) is 20.2. The summed E-state index contributed by atoms with van der Waals surface area (Å²) in [7, 11) is 0. The van der Waals surface area contributed by atoms with Crippen LogP contribution in [0.2, 0.25) is 10.0 Å². The van der Waals surface area contributed by atoms with E-state index in [0.717, 1.165) is 18.4 Å². The minimum absolute atomic E-state index is 0.152. The molecule has 0 aromatic heterocycles. The van der Waals surface area contributed by atoms with E-state index in [1.54, 1.807) is 49.4 Å². The highest BCUT2D eigenvalue weighted by atomic mass is 35.5. The van der Waals surface area contributed by atoms with E-state index in [0.29, 0.717) is 170 Å². The highest BCUT2D eigenvalue weighted by molar-refractivity contribution is 6.40. The van der Waals surface area contributed by atoms with Gasteiger partial charge in [0.15, 0.2) is 0 Å². The van der Waals surface area contributed by atoms with Crippen LogP contribution in [0.25, 0.3) is 0 Å². The van der Waals surface area contributed by atoms with Gasteiger partial charge in [-0.05, 0) is 62.4 Å². The van der Waals surface area contributed by atoms with Crippen LogP contribution in [-0.2, 0) is 87.2 Å².